The third-order valence-corrected chi connectivity index (χ3v) is 8.97. The summed E-state index contributed by atoms with van der Waals surface area (Å²) in [4.78, 5) is 16.7. The van der Waals surface area contributed by atoms with E-state index in [9.17, 15) is 13.2 Å². The molecule has 1 aromatic carbocycles. The number of carbonyl (C=O) groups is 1. The number of hydrogen-bond donors (Lipinski definition) is 0. The van der Waals surface area contributed by atoms with Crippen molar-refractivity contribution in [2.75, 3.05) is 19.6 Å². The smallest absolute Gasteiger partial charge is 0.243 e. The molecular weight excluding hydrogens is 460 g/mol. The molecule has 2 aromatic rings. The highest BCUT2D eigenvalue weighted by Crippen LogP contribution is 2.36. The molecule has 2 atom stereocenters. The van der Waals surface area contributed by atoms with E-state index in [0.29, 0.717) is 13.0 Å². The molecule has 2 aliphatic heterocycles. The number of likely N-dealkylation sites (tertiary alicyclic amines) is 1. The Bertz CT molecular complexity index is 929. The predicted octanol–water partition coefficient (Wildman–Crippen LogP) is 4.28. The highest BCUT2D eigenvalue weighted by Gasteiger charge is 2.38. The molecule has 1 amide bonds. The van der Waals surface area contributed by atoms with Gasteiger partial charge in [0.1, 0.15) is 0 Å². The molecule has 5 nitrogen and oxygen atoms in total. The first-order valence-corrected chi connectivity index (χ1v) is 12.7. The zero-order valence-corrected chi connectivity index (χ0v) is 18.7. The topological polar surface area (TPSA) is 57.7 Å². The van der Waals surface area contributed by atoms with Gasteiger partial charge in [-0.25, -0.2) is 8.42 Å². The third-order valence-electron chi connectivity index (χ3n) is 5.59. The SMILES string of the molecule is O=C(C1CCCN(S(=O)(=O)c2ccc(Br)cc2)C1)N1CCCC1c1cccs1. The van der Waals surface area contributed by atoms with Crippen LogP contribution in [-0.2, 0) is 14.8 Å². The number of hydrogen-bond acceptors (Lipinski definition) is 4. The summed E-state index contributed by atoms with van der Waals surface area (Å²) in [5, 5.41) is 2.05. The lowest BCUT2D eigenvalue weighted by molar-refractivity contribution is -0.137. The Morgan fingerprint density at radius 1 is 1.07 bits per heavy atom. The molecule has 2 fully saturated rings. The molecule has 150 valence electrons. The molecule has 2 unspecified atom stereocenters. The third kappa shape index (κ3) is 3.92. The van der Waals surface area contributed by atoms with Gasteiger partial charge in [0.25, 0.3) is 0 Å². The molecule has 0 N–H and O–H groups in total. The van der Waals surface area contributed by atoms with Crippen molar-refractivity contribution in [1.29, 1.82) is 0 Å². The van der Waals surface area contributed by atoms with Crippen LogP contribution in [0, 0.1) is 5.92 Å². The fraction of sp³-hybridized carbons (Fsp3) is 0.450. The van der Waals surface area contributed by atoms with Crippen LogP contribution in [0.5, 0.6) is 0 Å². The summed E-state index contributed by atoms with van der Waals surface area (Å²) in [6, 6.07) is 10.9. The fourth-order valence-corrected chi connectivity index (χ4v) is 6.82. The Morgan fingerprint density at radius 3 is 2.54 bits per heavy atom. The highest BCUT2D eigenvalue weighted by atomic mass is 79.9. The summed E-state index contributed by atoms with van der Waals surface area (Å²) < 4.78 is 28.4. The highest BCUT2D eigenvalue weighted by molar-refractivity contribution is 9.10. The van der Waals surface area contributed by atoms with Gasteiger partial charge in [-0.15, -0.1) is 11.3 Å². The summed E-state index contributed by atoms with van der Waals surface area (Å²) in [6.45, 7) is 1.50. The second-order valence-corrected chi connectivity index (χ2v) is 11.2. The summed E-state index contributed by atoms with van der Waals surface area (Å²) in [5.41, 5.74) is 0. The van der Waals surface area contributed by atoms with Gasteiger partial charge in [-0.3, -0.25) is 4.79 Å². The van der Waals surface area contributed by atoms with Crippen molar-refractivity contribution in [2.45, 2.75) is 36.6 Å². The molecule has 28 heavy (non-hydrogen) atoms. The van der Waals surface area contributed by atoms with Gasteiger partial charge in [-0.05, 0) is 61.4 Å². The van der Waals surface area contributed by atoms with E-state index in [1.54, 1.807) is 35.6 Å². The van der Waals surface area contributed by atoms with Crippen molar-refractivity contribution in [3.8, 4) is 0 Å². The zero-order valence-electron chi connectivity index (χ0n) is 15.5. The molecule has 3 heterocycles. The van der Waals surface area contributed by atoms with Gasteiger partial charge in [0.2, 0.25) is 15.9 Å². The minimum absolute atomic E-state index is 0.103. The standard InChI is InChI=1S/C20H23BrN2O3S2/c21-16-7-9-17(10-8-16)28(25,26)22-11-1-4-15(14-22)20(24)23-12-2-5-18(23)19-6-3-13-27-19/h3,6-10,13,15,18H,1-2,4-5,11-12,14H2. The molecule has 0 aliphatic carbocycles. The monoisotopic (exact) mass is 482 g/mol. The molecule has 0 saturated carbocycles. The minimum atomic E-state index is -3.58. The van der Waals surface area contributed by atoms with Crippen molar-refractivity contribution < 1.29 is 13.2 Å². The maximum Gasteiger partial charge on any atom is 0.243 e. The number of benzene rings is 1. The van der Waals surface area contributed by atoms with Crippen LogP contribution >= 0.6 is 27.3 Å². The number of rotatable bonds is 4. The maximum atomic E-state index is 13.3. The Balaban J connectivity index is 1.50. The van der Waals surface area contributed by atoms with Gasteiger partial charge in [0.05, 0.1) is 16.9 Å². The van der Waals surface area contributed by atoms with Gasteiger partial charge in [-0.1, -0.05) is 22.0 Å². The molecular formula is C20H23BrN2O3S2. The number of nitrogens with zero attached hydrogens (tertiary/aromatic N) is 2. The van der Waals surface area contributed by atoms with Crippen molar-refractivity contribution >= 4 is 43.2 Å². The van der Waals surface area contributed by atoms with E-state index >= 15 is 0 Å². The number of thiophene rings is 1. The van der Waals surface area contributed by atoms with Crippen LogP contribution in [0.1, 0.15) is 36.6 Å². The second-order valence-electron chi connectivity index (χ2n) is 7.36. The second kappa shape index (κ2) is 8.26. The van der Waals surface area contributed by atoms with E-state index in [2.05, 4.69) is 22.0 Å². The van der Waals surface area contributed by atoms with Crippen molar-refractivity contribution in [3.63, 3.8) is 0 Å². The zero-order chi connectivity index (χ0) is 19.7. The van der Waals surface area contributed by atoms with Gasteiger partial charge in [0, 0.05) is 29.0 Å². The molecule has 2 aliphatic rings. The van der Waals surface area contributed by atoms with Crippen LogP contribution in [0.2, 0.25) is 0 Å². The first kappa shape index (κ1) is 20.1. The van der Waals surface area contributed by atoms with Crippen molar-refractivity contribution in [1.82, 2.24) is 9.21 Å². The molecule has 0 spiro atoms. The lowest BCUT2D eigenvalue weighted by Crippen LogP contribution is -2.46. The predicted molar refractivity (Wildman–Crippen MR) is 114 cm³/mol. The fourth-order valence-electron chi connectivity index (χ4n) is 4.16. The maximum absolute atomic E-state index is 13.3. The van der Waals surface area contributed by atoms with Crippen molar-refractivity contribution in [3.05, 3.63) is 51.1 Å². The molecule has 4 rings (SSSR count). The van der Waals surface area contributed by atoms with E-state index in [1.807, 2.05) is 16.3 Å². The lowest BCUT2D eigenvalue weighted by atomic mass is 9.97. The number of piperidine rings is 1. The first-order chi connectivity index (χ1) is 13.5. The van der Waals surface area contributed by atoms with Gasteiger partial charge < -0.3 is 4.90 Å². The molecule has 1 aromatic heterocycles. The largest absolute Gasteiger partial charge is 0.335 e. The van der Waals surface area contributed by atoms with Crippen molar-refractivity contribution in [2.24, 2.45) is 5.92 Å². The van der Waals surface area contributed by atoms with Gasteiger partial charge in [-0.2, -0.15) is 4.31 Å². The number of sulfonamides is 1. The minimum Gasteiger partial charge on any atom is -0.335 e. The Labute approximate surface area is 178 Å². The Morgan fingerprint density at radius 2 is 1.82 bits per heavy atom. The van der Waals surface area contributed by atoms with Crippen LogP contribution in [0.3, 0.4) is 0 Å². The average molecular weight is 483 g/mol. The first-order valence-electron chi connectivity index (χ1n) is 9.56. The average Bonchev–Trinajstić information content (AvgIpc) is 3.39. The summed E-state index contributed by atoms with van der Waals surface area (Å²) >= 11 is 5.03. The van der Waals surface area contributed by atoms with Crippen LogP contribution in [0.4, 0.5) is 0 Å². The molecule has 8 heteroatoms. The van der Waals surface area contributed by atoms with Crippen LogP contribution in [0.25, 0.3) is 0 Å². The normalized spacial score (nSPS) is 23.8. The lowest BCUT2D eigenvalue weighted by Gasteiger charge is -2.35. The number of carbonyl (C=O) groups excluding carboxylic acids is 1. The Kier molecular flexibility index (Phi) is 5.92. The van der Waals surface area contributed by atoms with E-state index in [4.69, 9.17) is 0 Å². The summed E-state index contributed by atoms with van der Waals surface area (Å²) in [7, 11) is -3.58. The van der Waals surface area contributed by atoms with E-state index < -0.39 is 10.0 Å². The van der Waals surface area contributed by atoms with Gasteiger partial charge in [0.15, 0.2) is 0 Å². The molecule has 2 saturated heterocycles. The van der Waals surface area contributed by atoms with E-state index in [-0.39, 0.29) is 29.3 Å². The molecule has 0 bridgehead atoms. The van der Waals surface area contributed by atoms with Gasteiger partial charge >= 0.3 is 0 Å². The molecule has 0 radical (unpaired) electrons. The van der Waals surface area contributed by atoms with E-state index in [1.165, 1.54) is 9.18 Å². The quantitative estimate of drug-likeness (QED) is 0.653. The van der Waals surface area contributed by atoms with Crippen LogP contribution < -0.4 is 0 Å². The van der Waals surface area contributed by atoms with Crippen LogP contribution in [-0.4, -0.2) is 43.2 Å². The number of amides is 1. The van der Waals surface area contributed by atoms with Crippen LogP contribution in [0.15, 0.2) is 51.1 Å². The number of halogens is 1. The van der Waals surface area contributed by atoms with E-state index in [0.717, 1.165) is 30.3 Å². The summed E-state index contributed by atoms with van der Waals surface area (Å²) in [6.07, 6.45) is 3.45. The summed E-state index contributed by atoms with van der Waals surface area (Å²) in [5.74, 6) is -0.161. The Hall–Kier alpha value is -1.22.